The van der Waals surface area contributed by atoms with Gasteiger partial charge in [-0.15, -0.1) is 23.1 Å². The van der Waals surface area contributed by atoms with Crippen molar-refractivity contribution in [3.63, 3.8) is 0 Å². The molecule has 124 valence electrons. The summed E-state index contributed by atoms with van der Waals surface area (Å²) in [6, 6.07) is 11.4. The molecule has 1 amide bonds. The molecule has 0 aliphatic heterocycles. The Kier molecular flexibility index (Phi) is 6.41. The van der Waals surface area contributed by atoms with Gasteiger partial charge in [-0.05, 0) is 36.9 Å². The van der Waals surface area contributed by atoms with Crippen molar-refractivity contribution in [2.24, 2.45) is 0 Å². The minimum absolute atomic E-state index is 0.130. The number of nitrogens with one attached hydrogen (secondary N) is 1. The van der Waals surface area contributed by atoms with Gasteiger partial charge in [0.2, 0.25) is 0 Å². The van der Waals surface area contributed by atoms with E-state index in [4.69, 9.17) is 10.00 Å². The molecule has 0 fully saturated rings. The fraction of sp³-hybridized carbons (Fsp3) is 0.235. The first-order chi connectivity index (χ1) is 11.5. The van der Waals surface area contributed by atoms with Gasteiger partial charge in [0.05, 0.1) is 11.3 Å². The van der Waals surface area contributed by atoms with Crippen LogP contribution < -0.4 is 5.32 Å². The fourth-order valence-corrected chi connectivity index (χ4v) is 3.40. The summed E-state index contributed by atoms with van der Waals surface area (Å²) < 4.78 is 5.15. The summed E-state index contributed by atoms with van der Waals surface area (Å²) in [7, 11) is 0. The molecule has 1 heterocycles. The van der Waals surface area contributed by atoms with Crippen molar-refractivity contribution in [2.75, 3.05) is 11.1 Å². The molecule has 0 saturated carbocycles. The van der Waals surface area contributed by atoms with Gasteiger partial charge >= 0.3 is 5.97 Å². The van der Waals surface area contributed by atoms with Gasteiger partial charge in [0, 0.05) is 4.90 Å². The van der Waals surface area contributed by atoms with Crippen LogP contribution in [0.5, 0.6) is 0 Å². The number of aryl methyl sites for hydroxylation is 1. The number of thioether (sulfide) groups is 1. The Morgan fingerprint density at radius 1 is 1.38 bits per heavy atom. The van der Waals surface area contributed by atoms with Crippen LogP contribution in [-0.4, -0.2) is 23.7 Å². The van der Waals surface area contributed by atoms with Crippen molar-refractivity contribution in [1.82, 2.24) is 0 Å². The van der Waals surface area contributed by atoms with Crippen molar-refractivity contribution in [3.05, 3.63) is 46.8 Å². The number of carbonyl (C=O) groups is 2. The van der Waals surface area contributed by atoms with E-state index in [9.17, 15) is 9.59 Å². The number of ether oxygens (including phenoxy) is 1. The molecule has 7 heteroatoms. The first-order valence-corrected chi connectivity index (χ1v) is 9.04. The van der Waals surface area contributed by atoms with Crippen molar-refractivity contribution >= 4 is 40.0 Å². The summed E-state index contributed by atoms with van der Waals surface area (Å²) >= 11 is 2.62. The minimum Gasteiger partial charge on any atom is -0.452 e. The van der Waals surface area contributed by atoms with E-state index in [0.717, 1.165) is 10.5 Å². The lowest BCUT2D eigenvalue weighted by molar-refractivity contribution is -0.150. The molecule has 0 aliphatic carbocycles. The minimum atomic E-state index is -0.927. The third-order valence-electron chi connectivity index (χ3n) is 3.14. The average Bonchev–Trinajstić information content (AvgIpc) is 3.01. The quantitative estimate of drug-likeness (QED) is 0.629. The highest BCUT2D eigenvalue weighted by Crippen LogP contribution is 2.23. The highest BCUT2D eigenvalue weighted by molar-refractivity contribution is 8.00. The molecule has 24 heavy (non-hydrogen) atoms. The highest BCUT2D eigenvalue weighted by atomic mass is 32.2. The zero-order chi connectivity index (χ0) is 17.5. The number of anilines is 1. The predicted molar refractivity (Wildman–Crippen MR) is 95.1 cm³/mol. The molecule has 0 bridgehead atoms. The molecule has 0 radical (unpaired) electrons. The third kappa shape index (κ3) is 4.85. The Balaban J connectivity index is 1.84. The fourth-order valence-electron chi connectivity index (χ4n) is 1.85. The van der Waals surface area contributed by atoms with Gasteiger partial charge in [0.15, 0.2) is 6.10 Å². The van der Waals surface area contributed by atoms with Gasteiger partial charge in [-0.3, -0.25) is 9.59 Å². The van der Waals surface area contributed by atoms with E-state index < -0.39 is 18.0 Å². The van der Waals surface area contributed by atoms with Crippen LogP contribution in [0, 0.1) is 18.3 Å². The maximum atomic E-state index is 12.0. The number of benzene rings is 1. The Morgan fingerprint density at radius 3 is 2.83 bits per heavy atom. The third-order valence-corrected chi connectivity index (χ3v) is 5.12. The van der Waals surface area contributed by atoms with Crippen LogP contribution in [0.2, 0.25) is 0 Å². The van der Waals surface area contributed by atoms with E-state index in [-0.39, 0.29) is 5.75 Å². The molecule has 2 aromatic rings. The first kappa shape index (κ1) is 18.0. The van der Waals surface area contributed by atoms with Gasteiger partial charge < -0.3 is 10.1 Å². The number of nitriles is 1. The first-order valence-electron chi connectivity index (χ1n) is 7.17. The molecule has 1 aromatic heterocycles. The molecule has 1 N–H and O–H groups in total. The van der Waals surface area contributed by atoms with E-state index >= 15 is 0 Å². The summed E-state index contributed by atoms with van der Waals surface area (Å²) in [5.74, 6) is -0.786. The second-order valence-electron chi connectivity index (χ2n) is 4.95. The lowest BCUT2D eigenvalue weighted by atomic mass is 10.2. The zero-order valence-electron chi connectivity index (χ0n) is 13.2. The number of carbonyl (C=O) groups excluding carboxylic acids is 2. The summed E-state index contributed by atoms with van der Waals surface area (Å²) in [6.07, 6.45) is -0.927. The molecule has 1 atom stereocenters. The maximum Gasteiger partial charge on any atom is 0.317 e. The molecular formula is C17H16N2O3S2. The molecule has 0 unspecified atom stereocenters. The van der Waals surface area contributed by atoms with E-state index in [1.54, 1.807) is 11.4 Å². The Hall–Kier alpha value is -2.30. The van der Waals surface area contributed by atoms with Crippen LogP contribution in [0.4, 0.5) is 5.00 Å². The van der Waals surface area contributed by atoms with E-state index in [2.05, 4.69) is 5.32 Å². The number of esters is 1. The molecule has 0 saturated heterocycles. The average molecular weight is 360 g/mol. The summed E-state index contributed by atoms with van der Waals surface area (Å²) in [6.45, 7) is 3.48. The van der Waals surface area contributed by atoms with Crippen LogP contribution in [0.1, 0.15) is 18.1 Å². The molecule has 2 rings (SSSR count). The van der Waals surface area contributed by atoms with Gasteiger partial charge in [0.25, 0.3) is 5.91 Å². The second-order valence-corrected chi connectivity index (χ2v) is 6.88. The van der Waals surface area contributed by atoms with Crippen LogP contribution in [0.25, 0.3) is 0 Å². The predicted octanol–water partition coefficient (Wildman–Crippen LogP) is 3.59. The largest absolute Gasteiger partial charge is 0.452 e. The lowest BCUT2D eigenvalue weighted by Crippen LogP contribution is -2.30. The number of thiophene rings is 1. The smallest absolute Gasteiger partial charge is 0.317 e. The van der Waals surface area contributed by atoms with Crippen molar-refractivity contribution in [1.29, 1.82) is 5.26 Å². The number of hydrogen-bond acceptors (Lipinski definition) is 6. The maximum absolute atomic E-state index is 12.0. The molecule has 0 spiro atoms. The van der Waals surface area contributed by atoms with E-state index in [1.807, 2.05) is 37.3 Å². The molecular weight excluding hydrogens is 344 g/mol. The van der Waals surface area contributed by atoms with Gasteiger partial charge in [-0.25, -0.2) is 0 Å². The van der Waals surface area contributed by atoms with Crippen LogP contribution in [0.15, 0.2) is 40.6 Å². The topological polar surface area (TPSA) is 79.2 Å². The number of amides is 1. The highest BCUT2D eigenvalue weighted by Gasteiger charge is 2.19. The number of hydrogen-bond donors (Lipinski definition) is 1. The van der Waals surface area contributed by atoms with Gasteiger partial charge in [-0.1, -0.05) is 18.2 Å². The monoisotopic (exact) mass is 360 g/mol. The normalized spacial score (nSPS) is 11.4. The number of rotatable bonds is 6. The molecule has 1 aromatic carbocycles. The van der Waals surface area contributed by atoms with Crippen molar-refractivity contribution < 1.29 is 14.3 Å². The van der Waals surface area contributed by atoms with Gasteiger partial charge in [0.1, 0.15) is 11.1 Å². The second kappa shape index (κ2) is 8.52. The SMILES string of the molecule is Cc1ccccc1SCC(=O)O[C@H](C)C(=O)Nc1sccc1C#N. The Labute approximate surface area is 148 Å². The summed E-state index contributed by atoms with van der Waals surface area (Å²) in [5.41, 5.74) is 1.48. The summed E-state index contributed by atoms with van der Waals surface area (Å²) in [5, 5.41) is 13.7. The zero-order valence-corrected chi connectivity index (χ0v) is 14.9. The number of nitrogens with zero attached hydrogens (tertiary/aromatic N) is 1. The lowest BCUT2D eigenvalue weighted by Gasteiger charge is -2.13. The van der Waals surface area contributed by atoms with Gasteiger partial charge in [-0.2, -0.15) is 5.26 Å². The van der Waals surface area contributed by atoms with Crippen molar-refractivity contribution in [2.45, 2.75) is 24.8 Å². The van der Waals surface area contributed by atoms with Crippen LogP contribution in [0.3, 0.4) is 0 Å². The van der Waals surface area contributed by atoms with Crippen molar-refractivity contribution in [3.8, 4) is 6.07 Å². The standard InChI is InChI=1S/C17H16N2O3S2/c1-11-5-3-4-6-14(11)24-10-15(20)22-12(2)16(21)19-17-13(9-18)7-8-23-17/h3-8,12H,10H2,1-2H3,(H,19,21)/t12-/m1/s1. The Bertz CT molecular complexity index is 780. The van der Waals surface area contributed by atoms with Crippen LogP contribution in [-0.2, 0) is 14.3 Å². The van der Waals surface area contributed by atoms with Crippen LogP contribution >= 0.6 is 23.1 Å². The van der Waals surface area contributed by atoms with E-state index in [0.29, 0.717) is 10.6 Å². The van der Waals surface area contributed by atoms with E-state index in [1.165, 1.54) is 30.0 Å². The molecule has 5 nitrogen and oxygen atoms in total. The summed E-state index contributed by atoms with van der Waals surface area (Å²) in [4.78, 5) is 24.9. The molecule has 0 aliphatic rings. The Morgan fingerprint density at radius 2 is 2.12 bits per heavy atom.